The van der Waals surface area contributed by atoms with Crippen LogP contribution in [0.15, 0.2) is 138 Å². The molecular formula is C38H31N3O6S. The molecule has 0 fully saturated rings. The number of methoxy groups -OCH3 is 1. The summed E-state index contributed by atoms with van der Waals surface area (Å²) < 4.78 is 16.2. The molecule has 0 aliphatic carbocycles. The molecule has 0 saturated heterocycles. The van der Waals surface area contributed by atoms with Crippen molar-refractivity contribution in [1.82, 2.24) is 5.32 Å². The van der Waals surface area contributed by atoms with E-state index in [9.17, 15) is 14.4 Å². The zero-order chi connectivity index (χ0) is 33.3. The molecule has 0 bridgehead atoms. The minimum absolute atomic E-state index is 0.0555. The molecule has 1 aliphatic heterocycles. The summed E-state index contributed by atoms with van der Waals surface area (Å²) in [6.45, 7) is 0.147. The van der Waals surface area contributed by atoms with Crippen LogP contribution in [0.3, 0.4) is 0 Å². The van der Waals surface area contributed by atoms with E-state index in [-0.39, 0.29) is 18.4 Å². The molecule has 1 aliphatic rings. The van der Waals surface area contributed by atoms with Crippen LogP contribution < -0.4 is 30.2 Å². The number of nitrogens with one attached hydrogen (secondary N) is 3. The Labute approximate surface area is 281 Å². The Morgan fingerprint density at radius 2 is 1.46 bits per heavy atom. The molecule has 1 atom stereocenters. The van der Waals surface area contributed by atoms with Gasteiger partial charge in [-0.1, -0.05) is 60.7 Å². The molecule has 3 amide bonds. The van der Waals surface area contributed by atoms with Crippen molar-refractivity contribution in [2.24, 2.45) is 0 Å². The van der Waals surface area contributed by atoms with Crippen molar-refractivity contribution >= 4 is 46.9 Å². The molecule has 5 aromatic carbocycles. The van der Waals surface area contributed by atoms with Crippen molar-refractivity contribution in [2.75, 3.05) is 24.5 Å². The third-order valence-electron chi connectivity index (χ3n) is 7.28. The zero-order valence-corrected chi connectivity index (χ0v) is 26.7. The summed E-state index contributed by atoms with van der Waals surface area (Å²) in [5.41, 5.74) is 3.08. The van der Waals surface area contributed by atoms with Gasteiger partial charge in [0.05, 0.1) is 7.11 Å². The predicted octanol–water partition coefficient (Wildman–Crippen LogP) is 7.31. The molecule has 3 N–H and O–H groups in total. The number of carbonyl (C=O) groups is 3. The van der Waals surface area contributed by atoms with Crippen LogP contribution in [0, 0.1) is 0 Å². The lowest BCUT2D eigenvalue weighted by Crippen LogP contribution is -2.30. The summed E-state index contributed by atoms with van der Waals surface area (Å²) >= 11 is 1.38. The van der Waals surface area contributed by atoms with Crippen molar-refractivity contribution in [1.29, 1.82) is 0 Å². The second-order valence-corrected chi connectivity index (χ2v) is 11.8. The maximum Gasteiger partial charge on any atom is 0.272 e. The molecule has 6 rings (SSSR count). The minimum Gasteiger partial charge on any atom is -0.497 e. The second-order valence-electron chi connectivity index (χ2n) is 10.6. The van der Waals surface area contributed by atoms with E-state index in [4.69, 9.17) is 14.2 Å². The number of fused-ring (bicyclic) bond motifs is 1. The van der Waals surface area contributed by atoms with Crippen molar-refractivity contribution in [3.8, 4) is 17.2 Å². The SMILES string of the molecule is COc1cccc(/C=C(\NC(=O)c2ccccc2)C(=O)Nc2ccc(SC(C(=O)Nc3ccc4c(c3)OCO4)c3ccccc3)cc2)c1. The first-order valence-corrected chi connectivity index (χ1v) is 15.9. The maximum atomic E-state index is 13.6. The third kappa shape index (κ3) is 8.04. The first-order chi connectivity index (χ1) is 23.4. The number of rotatable bonds is 11. The average Bonchev–Trinajstić information content (AvgIpc) is 3.60. The molecule has 0 radical (unpaired) electrons. The number of ether oxygens (including phenoxy) is 3. The molecule has 48 heavy (non-hydrogen) atoms. The van der Waals surface area contributed by atoms with Crippen molar-refractivity contribution in [2.45, 2.75) is 10.1 Å². The van der Waals surface area contributed by atoms with Gasteiger partial charge < -0.3 is 30.2 Å². The lowest BCUT2D eigenvalue weighted by Gasteiger charge is -2.18. The van der Waals surface area contributed by atoms with Gasteiger partial charge in [0, 0.05) is 27.9 Å². The summed E-state index contributed by atoms with van der Waals surface area (Å²) in [6.07, 6.45) is 1.59. The first-order valence-electron chi connectivity index (χ1n) is 15.0. The largest absolute Gasteiger partial charge is 0.497 e. The number of hydrogen-bond acceptors (Lipinski definition) is 7. The lowest BCUT2D eigenvalue weighted by molar-refractivity contribution is -0.116. The zero-order valence-electron chi connectivity index (χ0n) is 25.8. The highest BCUT2D eigenvalue weighted by Gasteiger charge is 2.24. The summed E-state index contributed by atoms with van der Waals surface area (Å²) in [5, 5.41) is 8.05. The Morgan fingerprint density at radius 3 is 2.21 bits per heavy atom. The van der Waals surface area contributed by atoms with Crippen LogP contribution in [-0.2, 0) is 9.59 Å². The summed E-state index contributed by atoms with van der Waals surface area (Å²) in [4.78, 5) is 40.9. The highest BCUT2D eigenvalue weighted by atomic mass is 32.2. The highest BCUT2D eigenvalue weighted by Crippen LogP contribution is 2.38. The number of anilines is 2. The molecule has 240 valence electrons. The van der Waals surface area contributed by atoms with Gasteiger partial charge in [0.2, 0.25) is 12.7 Å². The number of amides is 3. The smallest absolute Gasteiger partial charge is 0.272 e. The third-order valence-corrected chi connectivity index (χ3v) is 8.55. The van der Waals surface area contributed by atoms with Crippen LogP contribution in [0.2, 0.25) is 0 Å². The number of carbonyl (C=O) groups excluding carboxylic acids is 3. The Hall–Kier alpha value is -6.00. The van der Waals surface area contributed by atoms with E-state index in [0.29, 0.717) is 39.8 Å². The van der Waals surface area contributed by atoms with Crippen LogP contribution in [0.4, 0.5) is 11.4 Å². The number of benzene rings is 5. The average molecular weight is 658 g/mol. The summed E-state index contributed by atoms with van der Waals surface area (Å²) in [5.74, 6) is 0.699. The van der Waals surface area contributed by atoms with E-state index < -0.39 is 17.1 Å². The minimum atomic E-state index is -0.567. The molecule has 0 saturated carbocycles. The number of hydrogen-bond donors (Lipinski definition) is 3. The van der Waals surface area contributed by atoms with Crippen LogP contribution in [-0.4, -0.2) is 31.6 Å². The molecule has 10 heteroatoms. The monoisotopic (exact) mass is 657 g/mol. The van der Waals surface area contributed by atoms with Gasteiger partial charge in [0.1, 0.15) is 16.7 Å². The molecule has 5 aromatic rings. The van der Waals surface area contributed by atoms with Gasteiger partial charge in [-0.05, 0) is 77.9 Å². The summed E-state index contributed by atoms with van der Waals surface area (Å²) in [7, 11) is 1.56. The lowest BCUT2D eigenvalue weighted by atomic mass is 10.1. The Bertz CT molecular complexity index is 1950. The molecular weight excluding hydrogens is 626 g/mol. The normalized spacial score (nSPS) is 12.5. The van der Waals surface area contributed by atoms with Gasteiger partial charge in [0.25, 0.3) is 11.8 Å². The first kappa shape index (κ1) is 32.0. The Balaban J connectivity index is 1.18. The fraction of sp³-hybridized carbons (Fsp3) is 0.0789. The van der Waals surface area contributed by atoms with E-state index in [1.54, 1.807) is 86.0 Å². The topological polar surface area (TPSA) is 115 Å². The quantitative estimate of drug-likeness (QED) is 0.101. The molecule has 0 aromatic heterocycles. The van der Waals surface area contributed by atoms with Crippen LogP contribution in [0.1, 0.15) is 26.7 Å². The van der Waals surface area contributed by atoms with Gasteiger partial charge in [-0.3, -0.25) is 14.4 Å². The van der Waals surface area contributed by atoms with E-state index in [2.05, 4.69) is 16.0 Å². The highest BCUT2D eigenvalue weighted by molar-refractivity contribution is 8.00. The fourth-order valence-electron chi connectivity index (χ4n) is 4.87. The standard InChI is InChI=1S/C38H31N3O6S/c1-45-30-14-8-9-25(21-30)22-32(41-36(42)27-12-6-3-7-13-27)37(43)39-28-15-18-31(19-16-28)48-35(26-10-4-2-5-11-26)38(44)40-29-17-20-33-34(23-29)47-24-46-33/h2-23,35H,24H2,1H3,(H,39,43)(H,40,44)(H,41,42)/b32-22-. The maximum absolute atomic E-state index is 13.6. The van der Waals surface area contributed by atoms with E-state index >= 15 is 0 Å². The molecule has 9 nitrogen and oxygen atoms in total. The van der Waals surface area contributed by atoms with Crippen LogP contribution in [0.25, 0.3) is 6.08 Å². The van der Waals surface area contributed by atoms with Gasteiger partial charge in [-0.15, -0.1) is 11.8 Å². The van der Waals surface area contributed by atoms with E-state index in [1.165, 1.54) is 11.8 Å². The Kier molecular flexibility index (Phi) is 10.0. The van der Waals surface area contributed by atoms with Gasteiger partial charge in [-0.2, -0.15) is 0 Å². The molecule has 1 unspecified atom stereocenters. The van der Waals surface area contributed by atoms with Crippen molar-refractivity contribution < 1.29 is 28.6 Å². The van der Waals surface area contributed by atoms with Crippen molar-refractivity contribution in [3.63, 3.8) is 0 Å². The van der Waals surface area contributed by atoms with Gasteiger partial charge in [-0.25, -0.2) is 0 Å². The summed E-state index contributed by atoms with van der Waals surface area (Å²) in [6, 6.07) is 37.8. The van der Waals surface area contributed by atoms with Crippen LogP contribution in [0.5, 0.6) is 17.2 Å². The fourth-order valence-corrected chi connectivity index (χ4v) is 5.90. The number of thioether (sulfide) groups is 1. The van der Waals surface area contributed by atoms with Gasteiger partial charge >= 0.3 is 0 Å². The second kappa shape index (κ2) is 15.1. The van der Waals surface area contributed by atoms with Crippen molar-refractivity contribution in [3.05, 3.63) is 150 Å². The van der Waals surface area contributed by atoms with E-state index in [1.807, 2.05) is 54.6 Å². The van der Waals surface area contributed by atoms with Gasteiger partial charge in [0.15, 0.2) is 11.5 Å². The Morgan fingerprint density at radius 1 is 0.750 bits per heavy atom. The molecule has 1 heterocycles. The van der Waals surface area contributed by atoms with Crippen LogP contribution >= 0.6 is 11.8 Å². The predicted molar refractivity (Wildman–Crippen MR) is 186 cm³/mol. The molecule has 0 spiro atoms. The van der Waals surface area contributed by atoms with E-state index in [0.717, 1.165) is 10.5 Å².